The maximum absolute atomic E-state index is 9.41. The number of phenolic OH excluding ortho intramolecular Hbond substituents is 2. The van der Waals surface area contributed by atoms with Gasteiger partial charge in [0.05, 0.1) is 25.4 Å². The van der Waals surface area contributed by atoms with Gasteiger partial charge in [0, 0.05) is 10.8 Å². The molecule has 3 N–H and O–H groups in total. The fraction of sp³-hybridized carbons (Fsp3) is 0.385. The maximum atomic E-state index is 9.41. The Morgan fingerprint density at radius 2 is 0.957 bits per heavy atom. The Balaban J connectivity index is 0.000000186. The molecule has 2 aliphatic rings. The molecule has 0 spiro atoms. The Hall–Kier alpha value is -4.04. The predicted molar refractivity (Wildman–Crippen MR) is 181 cm³/mol. The summed E-state index contributed by atoms with van der Waals surface area (Å²) >= 11 is 0. The van der Waals surface area contributed by atoms with Crippen LogP contribution in [0.5, 0.6) is 23.0 Å². The highest BCUT2D eigenvalue weighted by molar-refractivity contribution is 5.43. The number of ether oxygens (including phenoxy) is 4. The summed E-state index contributed by atoms with van der Waals surface area (Å²) in [6.07, 6.45) is 0.385. The molecule has 0 aliphatic carbocycles. The highest BCUT2D eigenvalue weighted by Crippen LogP contribution is 2.34. The number of aliphatic hydroxyl groups is 1. The van der Waals surface area contributed by atoms with Gasteiger partial charge in [0.2, 0.25) is 0 Å². The van der Waals surface area contributed by atoms with E-state index in [1.807, 2.05) is 60.7 Å². The van der Waals surface area contributed by atoms with E-state index in [2.05, 4.69) is 46.8 Å². The largest absolute Gasteiger partial charge is 0.508 e. The van der Waals surface area contributed by atoms with E-state index in [0.29, 0.717) is 25.1 Å². The standard InChI is InChI=1S/C18H20O3.C18H22O3.C3H6O/c1-18(2,13-3-7-15(19)8-4-13)14-5-9-16(10-6-14)20-11-17-12-21-17;1-13(19)12-21-17-10-6-15(7-11-17)18(2,3)14-4-8-16(20)9-5-14;1-3-2-4-3/h3-10,17,19H,11-12H2,1-2H3;4-11,13,19-20H,12H2,1-3H3;3H,2H2,1H3. The number of hydrogen-bond donors (Lipinski definition) is 3. The first kappa shape index (κ1) is 34.8. The quantitative estimate of drug-likeness (QED) is 0.158. The van der Waals surface area contributed by atoms with Crippen molar-refractivity contribution < 1.29 is 34.3 Å². The average Bonchev–Trinajstić information content (AvgIpc) is 3.99. The number of epoxide rings is 2. The molecule has 3 unspecified atom stereocenters. The highest BCUT2D eigenvalue weighted by Gasteiger charge is 2.25. The molecule has 7 heteroatoms. The lowest BCUT2D eigenvalue weighted by Crippen LogP contribution is -2.18. The van der Waals surface area contributed by atoms with Gasteiger partial charge in [-0.2, -0.15) is 0 Å². The summed E-state index contributed by atoms with van der Waals surface area (Å²) in [5.74, 6) is 2.19. The van der Waals surface area contributed by atoms with Crippen molar-refractivity contribution in [3.8, 4) is 23.0 Å². The van der Waals surface area contributed by atoms with Crippen LogP contribution in [0.15, 0.2) is 97.1 Å². The van der Waals surface area contributed by atoms with Crippen LogP contribution in [-0.4, -0.2) is 60.1 Å². The van der Waals surface area contributed by atoms with Crippen molar-refractivity contribution in [2.75, 3.05) is 26.4 Å². The number of benzene rings is 4. The SMILES string of the molecule is CC(C)(c1ccc(O)cc1)c1ccc(OCC2CO2)cc1.CC(O)COc1ccc(C(C)(C)c2ccc(O)cc2)cc1.CC1CO1. The lowest BCUT2D eigenvalue weighted by atomic mass is 9.78. The molecular weight excluding hydrogens is 580 g/mol. The Morgan fingerprint density at radius 3 is 1.26 bits per heavy atom. The fourth-order valence-electron chi connectivity index (χ4n) is 4.69. The van der Waals surface area contributed by atoms with Crippen LogP contribution in [0.4, 0.5) is 0 Å². The molecule has 2 heterocycles. The van der Waals surface area contributed by atoms with Crippen molar-refractivity contribution in [1.29, 1.82) is 0 Å². The maximum Gasteiger partial charge on any atom is 0.119 e. The van der Waals surface area contributed by atoms with Gasteiger partial charge in [0.15, 0.2) is 0 Å². The van der Waals surface area contributed by atoms with E-state index < -0.39 is 6.10 Å². The van der Waals surface area contributed by atoms with E-state index in [1.165, 1.54) is 11.1 Å². The van der Waals surface area contributed by atoms with Crippen molar-refractivity contribution in [3.05, 3.63) is 119 Å². The van der Waals surface area contributed by atoms with E-state index in [-0.39, 0.29) is 22.7 Å². The van der Waals surface area contributed by atoms with Crippen molar-refractivity contribution in [3.63, 3.8) is 0 Å². The van der Waals surface area contributed by atoms with E-state index in [0.717, 1.165) is 35.8 Å². The first-order chi connectivity index (χ1) is 21.8. The third-order valence-corrected chi connectivity index (χ3v) is 8.16. The number of aliphatic hydroxyl groups excluding tert-OH is 1. The summed E-state index contributed by atoms with van der Waals surface area (Å²) < 4.78 is 21.0. The minimum Gasteiger partial charge on any atom is -0.508 e. The summed E-state index contributed by atoms with van der Waals surface area (Å²) in [5, 5.41) is 28.0. The van der Waals surface area contributed by atoms with Crippen LogP contribution in [0, 0.1) is 0 Å². The molecular formula is C39H48O7. The summed E-state index contributed by atoms with van der Waals surface area (Å²) in [4.78, 5) is 0. The van der Waals surface area contributed by atoms with Crippen LogP contribution in [0.3, 0.4) is 0 Å². The monoisotopic (exact) mass is 628 g/mol. The van der Waals surface area contributed by atoms with Crippen molar-refractivity contribution in [2.45, 2.75) is 70.7 Å². The van der Waals surface area contributed by atoms with Gasteiger partial charge in [0.1, 0.15) is 42.3 Å². The molecule has 246 valence electrons. The van der Waals surface area contributed by atoms with E-state index >= 15 is 0 Å². The first-order valence-corrected chi connectivity index (χ1v) is 15.8. The number of phenols is 2. The van der Waals surface area contributed by atoms with Gasteiger partial charge < -0.3 is 34.3 Å². The minimum atomic E-state index is -0.474. The van der Waals surface area contributed by atoms with Gasteiger partial charge in [-0.1, -0.05) is 76.2 Å². The van der Waals surface area contributed by atoms with Crippen LogP contribution >= 0.6 is 0 Å². The molecule has 4 aromatic rings. The molecule has 2 saturated heterocycles. The van der Waals surface area contributed by atoms with Crippen molar-refractivity contribution in [2.24, 2.45) is 0 Å². The molecule has 7 nitrogen and oxygen atoms in total. The molecule has 0 aromatic heterocycles. The lowest BCUT2D eigenvalue weighted by molar-refractivity contribution is 0.122. The van der Waals surface area contributed by atoms with Crippen LogP contribution in [0.25, 0.3) is 0 Å². The smallest absolute Gasteiger partial charge is 0.119 e. The molecule has 3 atom stereocenters. The zero-order valence-electron chi connectivity index (χ0n) is 27.8. The first-order valence-electron chi connectivity index (χ1n) is 15.8. The number of rotatable bonds is 10. The Morgan fingerprint density at radius 1 is 0.630 bits per heavy atom. The molecule has 0 saturated carbocycles. The van der Waals surface area contributed by atoms with Crippen molar-refractivity contribution in [1.82, 2.24) is 0 Å². The van der Waals surface area contributed by atoms with Crippen LogP contribution in [-0.2, 0) is 20.3 Å². The second-order valence-electron chi connectivity index (χ2n) is 13.0. The lowest BCUT2D eigenvalue weighted by Gasteiger charge is -2.26. The van der Waals surface area contributed by atoms with E-state index in [1.54, 1.807) is 31.2 Å². The highest BCUT2D eigenvalue weighted by atomic mass is 16.6. The molecule has 0 amide bonds. The van der Waals surface area contributed by atoms with E-state index in [9.17, 15) is 15.3 Å². The van der Waals surface area contributed by atoms with E-state index in [4.69, 9.17) is 18.9 Å². The topological polar surface area (TPSA) is 104 Å². The molecule has 6 rings (SSSR count). The van der Waals surface area contributed by atoms with Crippen LogP contribution < -0.4 is 9.47 Å². The van der Waals surface area contributed by atoms with Crippen molar-refractivity contribution >= 4 is 0 Å². The average molecular weight is 629 g/mol. The zero-order chi connectivity index (χ0) is 33.3. The molecule has 0 radical (unpaired) electrons. The summed E-state index contributed by atoms with van der Waals surface area (Å²) in [6.45, 7) is 15.1. The fourth-order valence-corrected chi connectivity index (χ4v) is 4.69. The van der Waals surface area contributed by atoms with Gasteiger partial charge in [-0.15, -0.1) is 0 Å². The van der Waals surface area contributed by atoms with Gasteiger partial charge in [-0.3, -0.25) is 0 Å². The van der Waals surface area contributed by atoms with Crippen LogP contribution in [0.1, 0.15) is 63.8 Å². The Labute approximate surface area is 273 Å². The molecule has 0 bridgehead atoms. The van der Waals surface area contributed by atoms with Gasteiger partial charge in [-0.05, 0) is 84.6 Å². The second-order valence-corrected chi connectivity index (χ2v) is 13.0. The second kappa shape index (κ2) is 15.5. The molecule has 46 heavy (non-hydrogen) atoms. The zero-order valence-corrected chi connectivity index (χ0v) is 27.8. The summed E-state index contributed by atoms with van der Waals surface area (Å²) in [7, 11) is 0. The summed E-state index contributed by atoms with van der Waals surface area (Å²) in [5.41, 5.74) is 4.40. The summed E-state index contributed by atoms with van der Waals surface area (Å²) in [6, 6.07) is 30.7. The minimum absolute atomic E-state index is 0.119. The van der Waals surface area contributed by atoms with Gasteiger partial charge in [0.25, 0.3) is 0 Å². The predicted octanol–water partition coefficient (Wildman–Crippen LogP) is 7.38. The number of aromatic hydroxyl groups is 2. The third-order valence-electron chi connectivity index (χ3n) is 8.16. The number of hydrogen-bond acceptors (Lipinski definition) is 7. The molecule has 2 fully saturated rings. The Kier molecular flexibility index (Phi) is 11.7. The molecule has 2 aliphatic heterocycles. The van der Waals surface area contributed by atoms with Gasteiger partial charge in [-0.25, -0.2) is 0 Å². The normalized spacial score (nSPS) is 17.4. The Bertz CT molecular complexity index is 1360. The molecule has 4 aromatic carbocycles. The third kappa shape index (κ3) is 10.5. The van der Waals surface area contributed by atoms with Gasteiger partial charge >= 0.3 is 0 Å². The van der Waals surface area contributed by atoms with Crippen LogP contribution in [0.2, 0.25) is 0 Å².